The third-order valence-electron chi connectivity index (χ3n) is 6.61. The van der Waals surface area contributed by atoms with E-state index in [1.165, 1.54) is 0 Å². The molecule has 1 amide bonds. The molecule has 4 aromatic rings. The maximum atomic E-state index is 11.7. The molecule has 0 saturated carbocycles. The standard InChI is InChI=1S/C25H24N6O2/c1-16(32)31-15-20-11-21(31)14-30(20)13-19-4-2-17-10-22(5-6-23(17)28-19)33-25-7-3-18(12-26-25)24-8-9-27-29-24/h2-10,12,20-21H,11,13-15H2,1H3,(H,27,29)/t20-,21-/m1/s1. The number of aromatic nitrogens is 4. The van der Waals surface area contributed by atoms with Gasteiger partial charge < -0.3 is 9.64 Å². The molecule has 2 aliphatic rings. The Morgan fingerprint density at radius 1 is 1.12 bits per heavy atom. The molecule has 2 atom stereocenters. The maximum absolute atomic E-state index is 11.7. The molecule has 2 fully saturated rings. The van der Waals surface area contributed by atoms with Crippen molar-refractivity contribution in [2.24, 2.45) is 0 Å². The lowest BCUT2D eigenvalue weighted by Crippen LogP contribution is -2.47. The molecule has 0 radical (unpaired) electrons. The van der Waals surface area contributed by atoms with Crippen LogP contribution in [0.4, 0.5) is 0 Å². The van der Waals surface area contributed by atoms with E-state index in [4.69, 9.17) is 9.72 Å². The summed E-state index contributed by atoms with van der Waals surface area (Å²) >= 11 is 0. The van der Waals surface area contributed by atoms with E-state index >= 15 is 0 Å². The van der Waals surface area contributed by atoms with Gasteiger partial charge in [0, 0.05) is 68.1 Å². The van der Waals surface area contributed by atoms with Crippen LogP contribution in [0.3, 0.4) is 0 Å². The molecule has 8 nitrogen and oxygen atoms in total. The van der Waals surface area contributed by atoms with Crippen molar-refractivity contribution in [1.29, 1.82) is 0 Å². The number of ether oxygens (including phenoxy) is 1. The summed E-state index contributed by atoms with van der Waals surface area (Å²) in [5.74, 6) is 1.44. The van der Waals surface area contributed by atoms with Crippen LogP contribution in [0.5, 0.6) is 11.6 Å². The highest BCUT2D eigenvalue weighted by Gasteiger charge is 2.44. The fraction of sp³-hybridized carbons (Fsp3) is 0.280. The van der Waals surface area contributed by atoms with E-state index in [2.05, 4.69) is 32.2 Å². The van der Waals surface area contributed by atoms with E-state index in [0.717, 1.165) is 59.7 Å². The average molecular weight is 441 g/mol. The SMILES string of the molecule is CC(=O)N1C[C@H]2C[C@@H]1CN2Cc1ccc2cc(Oc3ccc(-c4ccn[nH]4)cn3)ccc2n1. The summed E-state index contributed by atoms with van der Waals surface area (Å²) < 4.78 is 5.95. The summed E-state index contributed by atoms with van der Waals surface area (Å²) in [6.07, 6.45) is 4.55. The Labute approximate surface area is 191 Å². The van der Waals surface area contributed by atoms with Crippen molar-refractivity contribution in [2.45, 2.75) is 32.0 Å². The van der Waals surface area contributed by atoms with Gasteiger partial charge in [-0.3, -0.25) is 19.8 Å². The Balaban J connectivity index is 1.13. The van der Waals surface area contributed by atoms with Gasteiger partial charge in [-0.05, 0) is 42.8 Å². The Bertz CT molecular complexity index is 1300. The molecule has 2 aliphatic heterocycles. The number of aromatic amines is 1. The van der Waals surface area contributed by atoms with E-state index < -0.39 is 0 Å². The number of carbonyl (C=O) groups is 1. The number of carbonyl (C=O) groups excluding carboxylic acids is 1. The second-order valence-corrected chi connectivity index (χ2v) is 8.76. The number of pyridine rings is 2. The van der Waals surface area contributed by atoms with Gasteiger partial charge in [0.05, 0.1) is 16.9 Å². The molecule has 3 aromatic heterocycles. The Kier molecular flexibility index (Phi) is 4.80. The number of hydrogen-bond acceptors (Lipinski definition) is 6. The molecule has 1 N–H and O–H groups in total. The molecule has 0 spiro atoms. The van der Waals surface area contributed by atoms with Crippen LogP contribution in [-0.2, 0) is 11.3 Å². The second kappa shape index (κ2) is 7.97. The monoisotopic (exact) mass is 440 g/mol. The number of nitrogens with zero attached hydrogens (tertiary/aromatic N) is 5. The van der Waals surface area contributed by atoms with Gasteiger partial charge in [-0.1, -0.05) is 6.07 Å². The summed E-state index contributed by atoms with van der Waals surface area (Å²) in [6.45, 7) is 4.25. The number of benzene rings is 1. The molecule has 33 heavy (non-hydrogen) atoms. The van der Waals surface area contributed by atoms with Crippen LogP contribution >= 0.6 is 0 Å². The number of hydrogen-bond donors (Lipinski definition) is 1. The summed E-state index contributed by atoms with van der Waals surface area (Å²) in [4.78, 5) is 25.5. The number of piperazine rings is 1. The van der Waals surface area contributed by atoms with Crippen molar-refractivity contribution < 1.29 is 9.53 Å². The van der Waals surface area contributed by atoms with Gasteiger partial charge >= 0.3 is 0 Å². The van der Waals surface area contributed by atoms with Crippen LogP contribution in [0.1, 0.15) is 19.0 Å². The van der Waals surface area contributed by atoms with Gasteiger partial charge in [-0.15, -0.1) is 0 Å². The highest BCUT2D eigenvalue weighted by atomic mass is 16.5. The number of H-pyrrole nitrogens is 1. The quantitative estimate of drug-likeness (QED) is 0.510. The summed E-state index contributed by atoms with van der Waals surface area (Å²) in [6, 6.07) is 16.6. The lowest BCUT2D eigenvalue weighted by Gasteiger charge is -2.33. The van der Waals surface area contributed by atoms with E-state index in [9.17, 15) is 4.79 Å². The first-order chi connectivity index (χ1) is 16.1. The first-order valence-electron chi connectivity index (χ1n) is 11.2. The number of amides is 1. The van der Waals surface area contributed by atoms with Crippen LogP contribution in [0, 0.1) is 0 Å². The van der Waals surface area contributed by atoms with E-state index in [1.807, 2.05) is 41.3 Å². The third-order valence-corrected chi connectivity index (χ3v) is 6.61. The molecule has 2 bridgehead atoms. The first kappa shape index (κ1) is 19.9. The molecule has 166 valence electrons. The highest BCUT2D eigenvalue weighted by molar-refractivity contribution is 5.80. The van der Waals surface area contributed by atoms with Crippen molar-refractivity contribution in [3.63, 3.8) is 0 Å². The fourth-order valence-corrected chi connectivity index (χ4v) is 4.97. The van der Waals surface area contributed by atoms with Gasteiger partial charge in [0.25, 0.3) is 0 Å². The van der Waals surface area contributed by atoms with Crippen molar-refractivity contribution >= 4 is 16.8 Å². The number of fused-ring (bicyclic) bond motifs is 3. The lowest BCUT2D eigenvalue weighted by molar-refractivity contribution is -0.131. The number of rotatable bonds is 5. The van der Waals surface area contributed by atoms with Crippen molar-refractivity contribution in [3.05, 3.63) is 66.6 Å². The van der Waals surface area contributed by atoms with Crippen molar-refractivity contribution in [3.8, 4) is 22.9 Å². The van der Waals surface area contributed by atoms with Crippen LogP contribution < -0.4 is 4.74 Å². The van der Waals surface area contributed by atoms with Gasteiger partial charge in [0.1, 0.15) is 5.75 Å². The molecule has 6 rings (SSSR count). The first-order valence-corrected chi connectivity index (χ1v) is 11.2. The van der Waals surface area contributed by atoms with Gasteiger partial charge in [-0.2, -0.15) is 5.10 Å². The maximum Gasteiger partial charge on any atom is 0.219 e. The van der Waals surface area contributed by atoms with Crippen LogP contribution in [0.2, 0.25) is 0 Å². The summed E-state index contributed by atoms with van der Waals surface area (Å²) in [5.41, 5.74) is 3.86. The predicted octanol–water partition coefficient (Wildman–Crippen LogP) is 3.62. The van der Waals surface area contributed by atoms with Crippen LogP contribution in [0.15, 0.2) is 60.9 Å². The second-order valence-electron chi connectivity index (χ2n) is 8.76. The molecular weight excluding hydrogens is 416 g/mol. The van der Waals surface area contributed by atoms with E-state index in [1.54, 1.807) is 19.3 Å². The zero-order chi connectivity index (χ0) is 22.4. The largest absolute Gasteiger partial charge is 0.439 e. The van der Waals surface area contributed by atoms with Gasteiger partial charge in [-0.25, -0.2) is 4.98 Å². The molecule has 2 saturated heterocycles. The molecule has 0 aliphatic carbocycles. The minimum Gasteiger partial charge on any atom is -0.439 e. The molecular formula is C25H24N6O2. The molecule has 5 heterocycles. The van der Waals surface area contributed by atoms with Gasteiger partial charge in [0.15, 0.2) is 0 Å². The highest BCUT2D eigenvalue weighted by Crippen LogP contribution is 2.32. The smallest absolute Gasteiger partial charge is 0.219 e. The minimum absolute atomic E-state index is 0.188. The zero-order valence-corrected chi connectivity index (χ0v) is 18.3. The Morgan fingerprint density at radius 2 is 2.06 bits per heavy atom. The summed E-state index contributed by atoms with van der Waals surface area (Å²) in [5, 5.41) is 7.92. The third kappa shape index (κ3) is 3.82. The van der Waals surface area contributed by atoms with Crippen molar-refractivity contribution in [1.82, 2.24) is 30.0 Å². The van der Waals surface area contributed by atoms with Crippen molar-refractivity contribution in [2.75, 3.05) is 13.1 Å². The zero-order valence-electron chi connectivity index (χ0n) is 18.3. The average Bonchev–Trinajstić information content (AvgIpc) is 3.57. The van der Waals surface area contributed by atoms with Crippen LogP contribution in [0.25, 0.3) is 22.2 Å². The summed E-state index contributed by atoms with van der Waals surface area (Å²) in [7, 11) is 0. The number of likely N-dealkylation sites (tertiary alicyclic amines) is 2. The normalized spacial score (nSPS) is 20.0. The number of nitrogens with one attached hydrogen (secondary N) is 1. The fourth-order valence-electron chi connectivity index (χ4n) is 4.97. The lowest BCUT2D eigenvalue weighted by atomic mass is 10.2. The minimum atomic E-state index is 0.188. The van der Waals surface area contributed by atoms with E-state index in [0.29, 0.717) is 18.0 Å². The molecule has 0 unspecified atom stereocenters. The molecule has 8 heteroatoms. The Morgan fingerprint density at radius 3 is 2.79 bits per heavy atom. The molecule has 1 aromatic carbocycles. The topological polar surface area (TPSA) is 87.2 Å². The predicted molar refractivity (Wildman–Crippen MR) is 124 cm³/mol. The Hall–Kier alpha value is -3.78. The van der Waals surface area contributed by atoms with E-state index in [-0.39, 0.29) is 5.91 Å². The van der Waals surface area contributed by atoms with Crippen LogP contribution in [-0.4, -0.2) is 61.0 Å². The van der Waals surface area contributed by atoms with Gasteiger partial charge in [0.2, 0.25) is 11.8 Å².